The van der Waals surface area contributed by atoms with Crippen LogP contribution in [0.2, 0.25) is 0 Å². The van der Waals surface area contributed by atoms with Gasteiger partial charge in [0.15, 0.2) is 0 Å². The number of nitriles is 1. The van der Waals surface area contributed by atoms with Gasteiger partial charge in [-0.25, -0.2) is 0 Å². The van der Waals surface area contributed by atoms with E-state index in [0.717, 1.165) is 12.3 Å². The van der Waals surface area contributed by atoms with Crippen LogP contribution in [-0.4, -0.2) is 12.3 Å². The molecule has 0 spiro atoms. The van der Waals surface area contributed by atoms with Crippen LogP contribution in [0, 0.1) is 11.1 Å². The van der Waals surface area contributed by atoms with Gasteiger partial charge in [0, 0.05) is 0 Å². The quantitative estimate of drug-likeness (QED) is 0.502. The van der Waals surface area contributed by atoms with E-state index in [4.69, 9.17) is 5.26 Å². The Kier molecular flexibility index (Phi) is 4.04. The Morgan fingerprint density at radius 3 is 1.86 bits per heavy atom. The van der Waals surface area contributed by atoms with Gasteiger partial charge in [0.1, 0.15) is 0 Å². The summed E-state index contributed by atoms with van der Waals surface area (Å²) in [5, 5.41) is 8.34. The van der Waals surface area contributed by atoms with Gasteiger partial charge in [-0.05, 0) is 0 Å². The molecule has 0 N–H and O–H groups in total. The summed E-state index contributed by atoms with van der Waals surface area (Å²) < 4.78 is 0. The van der Waals surface area contributed by atoms with E-state index in [0.29, 0.717) is 0 Å². The molecule has 0 heterocycles. The predicted molar refractivity (Wildman–Crippen MR) is 36.4 cm³/mol. The second kappa shape index (κ2) is 4.09. The molecule has 0 aliphatic heterocycles. The molecular formula is C5H12NP. The summed E-state index contributed by atoms with van der Waals surface area (Å²) >= 11 is 0. The van der Waals surface area contributed by atoms with E-state index in [-0.39, 0.29) is 0 Å². The molecule has 0 aliphatic rings. The SMILES string of the molecule is CC[PH2](C#N)CC. The summed E-state index contributed by atoms with van der Waals surface area (Å²) in [5.74, 6) is 2.34. The molecule has 0 fully saturated rings. The number of nitrogens with zero attached hydrogens (tertiary/aromatic N) is 1. The predicted octanol–water partition coefficient (Wildman–Crippen LogP) is 1.45. The number of hydrogen-bond donors (Lipinski definition) is 0. The molecule has 1 nitrogen and oxygen atoms in total. The third-order valence-corrected chi connectivity index (χ3v) is 3.50. The standard InChI is InChI=1S/C5H12NP/c1-3-7(4-2)5-6/h3-4,7H2,1-2H3. The maximum absolute atomic E-state index is 8.34. The van der Waals surface area contributed by atoms with Gasteiger partial charge in [0.05, 0.1) is 0 Å². The molecule has 0 aliphatic carbocycles. The first-order valence-electron chi connectivity index (χ1n) is 2.74. The van der Waals surface area contributed by atoms with Gasteiger partial charge in [-0.15, -0.1) is 0 Å². The van der Waals surface area contributed by atoms with Gasteiger partial charge in [0.2, 0.25) is 0 Å². The van der Waals surface area contributed by atoms with Crippen molar-refractivity contribution in [2.24, 2.45) is 0 Å². The topological polar surface area (TPSA) is 23.8 Å². The molecule has 0 saturated heterocycles. The molecule has 0 aromatic rings. The van der Waals surface area contributed by atoms with Crippen molar-refractivity contribution in [2.75, 3.05) is 12.3 Å². The molecule has 0 bridgehead atoms. The molecule has 0 rings (SSSR count). The zero-order chi connectivity index (χ0) is 5.70. The Labute approximate surface area is 46.1 Å². The Morgan fingerprint density at radius 2 is 1.86 bits per heavy atom. The maximum atomic E-state index is 8.34. The van der Waals surface area contributed by atoms with E-state index in [1.165, 1.54) is 0 Å². The molecular weight excluding hydrogens is 105 g/mol. The van der Waals surface area contributed by atoms with Crippen LogP contribution in [0.15, 0.2) is 0 Å². The van der Waals surface area contributed by atoms with Gasteiger partial charge in [-0.1, -0.05) is 0 Å². The molecule has 0 aromatic heterocycles. The zero-order valence-electron chi connectivity index (χ0n) is 4.94. The van der Waals surface area contributed by atoms with Crippen LogP contribution >= 0.6 is 7.92 Å². The third kappa shape index (κ3) is 2.60. The first-order chi connectivity index (χ1) is 3.35. The monoisotopic (exact) mass is 117 g/mol. The van der Waals surface area contributed by atoms with Gasteiger partial charge in [-0.2, -0.15) is 0 Å². The van der Waals surface area contributed by atoms with E-state index in [9.17, 15) is 0 Å². The Bertz CT molecular complexity index is 70.6. The van der Waals surface area contributed by atoms with Crippen molar-refractivity contribution >= 4 is 7.92 Å². The van der Waals surface area contributed by atoms with Crippen molar-refractivity contribution in [1.82, 2.24) is 0 Å². The Hall–Kier alpha value is -0.0800. The van der Waals surface area contributed by atoms with Crippen LogP contribution in [-0.2, 0) is 0 Å². The fraction of sp³-hybridized carbons (Fsp3) is 0.800. The van der Waals surface area contributed by atoms with E-state index >= 15 is 0 Å². The van der Waals surface area contributed by atoms with Gasteiger partial charge in [0.25, 0.3) is 0 Å². The van der Waals surface area contributed by atoms with Crippen LogP contribution in [0.1, 0.15) is 13.8 Å². The van der Waals surface area contributed by atoms with E-state index in [1.54, 1.807) is 0 Å². The van der Waals surface area contributed by atoms with Crippen molar-refractivity contribution in [2.45, 2.75) is 13.8 Å². The summed E-state index contributed by atoms with van der Waals surface area (Å²) in [6.07, 6.45) is 2.26. The van der Waals surface area contributed by atoms with Crippen molar-refractivity contribution in [3.05, 3.63) is 0 Å². The molecule has 7 heavy (non-hydrogen) atoms. The molecule has 42 valence electrons. The third-order valence-electron chi connectivity index (χ3n) is 1.17. The van der Waals surface area contributed by atoms with Crippen LogP contribution in [0.25, 0.3) is 0 Å². The van der Waals surface area contributed by atoms with Crippen molar-refractivity contribution in [3.63, 3.8) is 0 Å². The summed E-state index contributed by atoms with van der Waals surface area (Å²) in [7, 11) is -0.866. The molecule has 0 amide bonds. The van der Waals surface area contributed by atoms with E-state index < -0.39 is 7.92 Å². The fourth-order valence-electron chi connectivity index (χ4n) is 0.471. The van der Waals surface area contributed by atoms with Crippen molar-refractivity contribution in [1.29, 1.82) is 5.26 Å². The number of hydrogen-bond acceptors (Lipinski definition) is 1. The average Bonchev–Trinajstić information content (AvgIpc) is 1.72. The molecule has 0 radical (unpaired) electrons. The minimum absolute atomic E-state index is 0.866. The Morgan fingerprint density at radius 1 is 1.43 bits per heavy atom. The summed E-state index contributed by atoms with van der Waals surface area (Å²) in [4.78, 5) is 0. The second-order valence-corrected chi connectivity index (χ2v) is 4.93. The van der Waals surface area contributed by atoms with Crippen molar-refractivity contribution < 1.29 is 0 Å². The number of rotatable bonds is 2. The van der Waals surface area contributed by atoms with Gasteiger partial charge >= 0.3 is 45.2 Å². The molecule has 2 heteroatoms. The summed E-state index contributed by atoms with van der Waals surface area (Å²) in [6.45, 7) is 4.20. The average molecular weight is 117 g/mol. The van der Waals surface area contributed by atoms with E-state index in [1.807, 2.05) is 0 Å². The normalized spacial score (nSPS) is 10.1. The molecule has 0 saturated carbocycles. The van der Waals surface area contributed by atoms with E-state index in [2.05, 4.69) is 19.7 Å². The van der Waals surface area contributed by atoms with Crippen LogP contribution in [0.3, 0.4) is 0 Å². The molecule has 0 atom stereocenters. The van der Waals surface area contributed by atoms with Crippen LogP contribution < -0.4 is 0 Å². The summed E-state index contributed by atoms with van der Waals surface area (Å²) in [6, 6.07) is 0. The van der Waals surface area contributed by atoms with Crippen LogP contribution in [0.5, 0.6) is 0 Å². The molecule has 0 unspecified atom stereocenters. The van der Waals surface area contributed by atoms with Crippen molar-refractivity contribution in [3.8, 4) is 5.81 Å². The fourth-order valence-corrected chi connectivity index (χ4v) is 1.41. The van der Waals surface area contributed by atoms with Gasteiger partial charge in [-0.3, -0.25) is 0 Å². The first-order valence-corrected chi connectivity index (χ1v) is 4.95. The second-order valence-electron chi connectivity index (χ2n) is 1.64. The minimum atomic E-state index is -0.866. The Balaban J connectivity index is 3.23. The molecule has 0 aromatic carbocycles. The zero-order valence-corrected chi connectivity index (χ0v) is 6.09. The van der Waals surface area contributed by atoms with Crippen LogP contribution in [0.4, 0.5) is 0 Å². The summed E-state index contributed by atoms with van der Waals surface area (Å²) in [5.41, 5.74) is 0. The first kappa shape index (κ1) is 6.92. The van der Waals surface area contributed by atoms with Gasteiger partial charge < -0.3 is 0 Å².